The molecule has 1 heterocycles. The first kappa shape index (κ1) is 17.1. The van der Waals surface area contributed by atoms with E-state index in [-0.39, 0.29) is 11.3 Å². The molecule has 1 aliphatic heterocycles. The lowest BCUT2D eigenvalue weighted by Crippen LogP contribution is -2.43. The lowest BCUT2D eigenvalue weighted by molar-refractivity contribution is -0.139. The number of alkyl halides is 3. The van der Waals surface area contributed by atoms with E-state index in [0.717, 1.165) is 19.0 Å². The summed E-state index contributed by atoms with van der Waals surface area (Å²) in [5.41, 5.74) is -1.87. The average molecular weight is 317 g/mol. The van der Waals surface area contributed by atoms with Gasteiger partial charge in [0.25, 0.3) is 0 Å². The van der Waals surface area contributed by atoms with Crippen molar-refractivity contribution in [3.63, 3.8) is 0 Å². The van der Waals surface area contributed by atoms with Crippen LogP contribution in [0.1, 0.15) is 37.3 Å². The Balaban J connectivity index is 2.33. The van der Waals surface area contributed by atoms with E-state index in [1.165, 1.54) is 19.2 Å². The maximum Gasteiger partial charge on any atom is 0.419 e. The molecular weight excluding hydrogens is 295 g/mol. The summed E-state index contributed by atoms with van der Waals surface area (Å²) < 4.78 is 44.3. The first-order valence-corrected chi connectivity index (χ1v) is 7.51. The van der Waals surface area contributed by atoms with E-state index in [1.54, 1.807) is 0 Å². The number of hydrogen-bond donors (Lipinski definition) is 1. The second-order valence-electron chi connectivity index (χ2n) is 5.76. The number of benzene rings is 1. The number of ether oxygens (including phenoxy) is 1. The van der Waals surface area contributed by atoms with Crippen LogP contribution in [-0.4, -0.2) is 36.8 Å². The second-order valence-corrected chi connectivity index (χ2v) is 5.76. The van der Waals surface area contributed by atoms with E-state index in [0.29, 0.717) is 25.9 Å². The molecule has 0 amide bonds. The number of nitrogens with zero attached hydrogens (tertiary/aromatic N) is 1. The van der Waals surface area contributed by atoms with Crippen molar-refractivity contribution in [3.05, 3.63) is 29.3 Å². The third-order valence-electron chi connectivity index (χ3n) is 4.25. The molecule has 22 heavy (non-hydrogen) atoms. The largest absolute Gasteiger partial charge is 0.496 e. The molecule has 1 aromatic rings. The minimum absolute atomic E-state index is 0.237. The van der Waals surface area contributed by atoms with Gasteiger partial charge in [-0.1, -0.05) is 19.1 Å². The summed E-state index contributed by atoms with van der Waals surface area (Å²) in [6.07, 6.45) is -2.67. The van der Waals surface area contributed by atoms with Gasteiger partial charge in [0.2, 0.25) is 0 Å². The molecule has 1 saturated heterocycles. The van der Waals surface area contributed by atoms with E-state index in [9.17, 15) is 18.3 Å². The average Bonchev–Trinajstić information content (AvgIpc) is 2.48. The van der Waals surface area contributed by atoms with Crippen molar-refractivity contribution in [3.8, 4) is 5.75 Å². The topological polar surface area (TPSA) is 32.7 Å². The lowest BCUT2D eigenvalue weighted by Gasteiger charge is -2.39. The molecule has 1 aromatic carbocycles. The van der Waals surface area contributed by atoms with E-state index in [1.807, 2.05) is 0 Å². The molecule has 6 heteroatoms. The third kappa shape index (κ3) is 3.38. The summed E-state index contributed by atoms with van der Waals surface area (Å²) in [7, 11) is 1.21. The molecule has 3 nitrogen and oxygen atoms in total. The molecule has 0 aromatic heterocycles. The highest BCUT2D eigenvalue weighted by molar-refractivity contribution is 5.46. The van der Waals surface area contributed by atoms with Gasteiger partial charge in [-0.15, -0.1) is 0 Å². The van der Waals surface area contributed by atoms with Crippen LogP contribution >= 0.6 is 0 Å². The molecule has 0 atom stereocenters. The van der Waals surface area contributed by atoms with Gasteiger partial charge in [-0.3, -0.25) is 0 Å². The van der Waals surface area contributed by atoms with Crippen molar-refractivity contribution in [1.82, 2.24) is 4.90 Å². The molecule has 0 unspecified atom stereocenters. The molecule has 2 rings (SSSR count). The van der Waals surface area contributed by atoms with Gasteiger partial charge in [0.05, 0.1) is 18.3 Å². The highest BCUT2D eigenvalue weighted by Crippen LogP contribution is 2.44. The Morgan fingerprint density at radius 2 is 1.91 bits per heavy atom. The first-order valence-electron chi connectivity index (χ1n) is 7.51. The zero-order chi connectivity index (χ0) is 16.4. The third-order valence-corrected chi connectivity index (χ3v) is 4.25. The number of halogens is 3. The van der Waals surface area contributed by atoms with E-state index in [4.69, 9.17) is 4.74 Å². The number of aliphatic hydroxyl groups is 1. The Bertz CT molecular complexity index is 509. The van der Waals surface area contributed by atoms with E-state index >= 15 is 0 Å². The quantitative estimate of drug-likeness (QED) is 0.924. The number of hydrogen-bond acceptors (Lipinski definition) is 3. The fourth-order valence-corrected chi connectivity index (χ4v) is 3.08. The normalized spacial score (nSPS) is 19.2. The van der Waals surface area contributed by atoms with Crippen LogP contribution in [0.2, 0.25) is 0 Å². The lowest BCUT2D eigenvalue weighted by atomic mass is 9.83. The second kappa shape index (κ2) is 6.46. The van der Waals surface area contributed by atoms with Gasteiger partial charge in [-0.2, -0.15) is 13.2 Å². The van der Waals surface area contributed by atoms with Crippen LogP contribution < -0.4 is 4.74 Å². The van der Waals surface area contributed by atoms with E-state index < -0.39 is 17.3 Å². The van der Waals surface area contributed by atoms with Gasteiger partial charge in [0, 0.05) is 18.7 Å². The maximum absolute atomic E-state index is 13.1. The summed E-state index contributed by atoms with van der Waals surface area (Å²) in [4.78, 5) is 2.22. The molecule has 1 fully saturated rings. The SMILES string of the molecule is CCCN1CCC(O)(c2cccc(C(F)(F)F)c2OC)CC1. The minimum Gasteiger partial charge on any atom is -0.496 e. The molecule has 0 spiro atoms. The summed E-state index contributed by atoms with van der Waals surface area (Å²) in [6.45, 7) is 4.36. The smallest absolute Gasteiger partial charge is 0.419 e. The fraction of sp³-hybridized carbons (Fsp3) is 0.625. The van der Waals surface area contributed by atoms with Crippen molar-refractivity contribution in [2.24, 2.45) is 0 Å². The molecule has 0 saturated carbocycles. The molecule has 0 aliphatic carbocycles. The number of para-hydroxylation sites is 1. The monoisotopic (exact) mass is 317 g/mol. The number of likely N-dealkylation sites (tertiary alicyclic amines) is 1. The Kier molecular flexibility index (Phi) is 5.02. The van der Waals surface area contributed by atoms with Crippen LogP contribution in [0.15, 0.2) is 18.2 Å². The highest BCUT2D eigenvalue weighted by Gasteiger charge is 2.41. The van der Waals surface area contributed by atoms with Crippen molar-refractivity contribution >= 4 is 0 Å². The van der Waals surface area contributed by atoms with Crippen molar-refractivity contribution in [2.45, 2.75) is 38.0 Å². The van der Waals surface area contributed by atoms with Gasteiger partial charge in [-0.25, -0.2) is 0 Å². The van der Waals surface area contributed by atoms with Gasteiger partial charge in [0.15, 0.2) is 0 Å². The Morgan fingerprint density at radius 1 is 1.27 bits per heavy atom. The first-order chi connectivity index (χ1) is 10.3. The van der Waals surface area contributed by atoms with Crippen molar-refractivity contribution < 1.29 is 23.0 Å². The van der Waals surface area contributed by atoms with Crippen LogP contribution in [0.4, 0.5) is 13.2 Å². The molecule has 1 N–H and O–H groups in total. The van der Waals surface area contributed by atoms with Gasteiger partial charge in [-0.05, 0) is 31.9 Å². The molecule has 124 valence electrons. The van der Waals surface area contributed by atoms with Gasteiger partial charge >= 0.3 is 6.18 Å². The predicted octanol–water partition coefficient (Wildman–Crippen LogP) is 3.41. The maximum atomic E-state index is 13.1. The van der Waals surface area contributed by atoms with Crippen LogP contribution in [-0.2, 0) is 11.8 Å². The Hall–Kier alpha value is -1.27. The minimum atomic E-state index is -4.50. The molecule has 1 aliphatic rings. The Morgan fingerprint density at radius 3 is 2.41 bits per heavy atom. The molecular formula is C16H22F3NO2. The summed E-state index contributed by atoms with van der Waals surface area (Å²) in [6, 6.07) is 3.85. The van der Waals surface area contributed by atoms with Crippen LogP contribution in [0, 0.1) is 0 Å². The summed E-state index contributed by atoms with van der Waals surface area (Å²) in [5, 5.41) is 10.9. The van der Waals surface area contributed by atoms with Crippen LogP contribution in [0.3, 0.4) is 0 Å². The summed E-state index contributed by atoms with van der Waals surface area (Å²) in [5.74, 6) is -0.263. The van der Waals surface area contributed by atoms with Crippen molar-refractivity contribution in [1.29, 1.82) is 0 Å². The standard InChI is InChI=1S/C16H22F3NO2/c1-3-9-20-10-7-15(21,8-11-20)12-5-4-6-13(14(12)22-2)16(17,18)19/h4-6,21H,3,7-11H2,1-2H3. The number of piperidine rings is 1. The summed E-state index contributed by atoms with van der Waals surface area (Å²) >= 11 is 0. The fourth-order valence-electron chi connectivity index (χ4n) is 3.08. The predicted molar refractivity (Wildman–Crippen MR) is 77.9 cm³/mol. The number of methoxy groups -OCH3 is 1. The zero-order valence-electron chi connectivity index (χ0n) is 12.9. The highest BCUT2D eigenvalue weighted by atomic mass is 19.4. The van der Waals surface area contributed by atoms with Crippen LogP contribution in [0.5, 0.6) is 5.75 Å². The molecule has 0 radical (unpaired) electrons. The van der Waals surface area contributed by atoms with Crippen molar-refractivity contribution in [2.75, 3.05) is 26.7 Å². The zero-order valence-corrected chi connectivity index (χ0v) is 12.9. The molecule has 0 bridgehead atoms. The Labute approximate surface area is 128 Å². The van der Waals surface area contributed by atoms with E-state index in [2.05, 4.69) is 11.8 Å². The van der Waals surface area contributed by atoms with Gasteiger partial charge < -0.3 is 14.7 Å². The number of rotatable bonds is 4. The van der Waals surface area contributed by atoms with Gasteiger partial charge in [0.1, 0.15) is 5.75 Å². The van der Waals surface area contributed by atoms with Crippen LogP contribution in [0.25, 0.3) is 0 Å².